The molecule has 4 rings (SSSR count). The summed E-state index contributed by atoms with van der Waals surface area (Å²) in [6, 6.07) is 13.5. The van der Waals surface area contributed by atoms with Gasteiger partial charge in [0, 0.05) is 37.5 Å². The van der Waals surface area contributed by atoms with Gasteiger partial charge in [-0.25, -0.2) is 0 Å². The second kappa shape index (κ2) is 6.52. The average molecular weight is 376 g/mol. The third-order valence-corrected chi connectivity index (χ3v) is 5.52. The molecule has 2 heterocycles. The van der Waals surface area contributed by atoms with E-state index in [2.05, 4.69) is 21.6 Å². The van der Waals surface area contributed by atoms with Gasteiger partial charge in [-0.05, 0) is 29.8 Å². The Labute approximate surface area is 157 Å². The lowest BCUT2D eigenvalue weighted by Crippen LogP contribution is -2.62. The number of carbonyl (C=O) groups excluding carboxylic acids is 1. The maximum absolute atomic E-state index is 12.5. The first-order chi connectivity index (χ1) is 12.0. The van der Waals surface area contributed by atoms with Gasteiger partial charge in [-0.2, -0.15) is 0 Å². The van der Waals surface area contributed by atoms with Crippen LogP contribution in [0.2, 0.25) is 10.0 Å². The van der Waals surface area contributed by atoms with Crippen molar-refractivity contribution < 1.29 is 4.79 Å². The highest BCUT2D eigenvalue weighted by atomic mass is 35.5. The van der Waals surface area contributed by atoms with Crippen molar-refractivity contribution in [3.05, 3.63) is 63.6 Å². The number of nitrogens with zero attached hydrogens (tertiary/aromatic N) is 1. The molecule has 4 nitrogen and oxygen atoms in total. The predicted octanol–water partition coefficient (Wildman–Crippen LogP) is 4.14. The molecular formula is C19H19Cl2N3O. The van der Waals surface area contributed by atoms with Gasteiger partial charge in [0.05, 0.1) is 16.3 Å². The lowest BCUT2D eigenvalue weighted by Gasteiger charge is -2.46. The molecule has 2 aliphatic rings. The van der Waals surface area contributed by atoms with Crippen LogP contribution in [0.4, 0.5) is 5.69 Å². The normalized spacial score (nSPS) is 19.2. The molecule has 0 atom stereocenters. The lowest BCUT2D eigenvalue weighted by atomic mass is 9.92. The lowest BCUT2D eigenvalue weighted by molar-refractivity contribution is 0.0822. The minimum absolute atomic E-state index is 0.0948. The van der Waals surface area contributed by atoms with Crippen LogP contribution in [0.5, 0.6) is 0 Å². The summed E-state index contributed by atoms with van der Waals surface area (Å²) < 4.78 is 0. The molecule has 25 heavy (non-hydrogen) atoms. The zero-order valence-corrected chi connectivity index (χ0v) is 15.2. The first-order valence-electron chi connectivity index (χ1n) is 8.41. The summed E-state index contributed by atoms with van der Waals surface area (Å²) in [4.78, 5) is 14.9. The number of hydrogen-bond donors (Lipinski definition) is 2. The highest BCUT2D eigenvalue weighted by Gasteiger charge is 2.40. The Kier molecular flexibility index (Phi) is 4.36. The largest absolute Gasteiger partial charge is 0.362 e. The van der Waals surface area contributed by atoms with E-state index in [0.717, 1.165) is 43.2 Å². The number of anilines is 1. The van der Waals surface area contributed by atoms with Gasteiger partial charge in [-0.3, -0.25) is 9.69 Å². The van der Waals surface area contributed by atoms with Gasteiger partial charge in [0.2, 0.25) is 0 Å². The Hall–Kier alpha value is -1.75. The van der Waals surface area contributed by atoms with Crippen LogP contribution in [-0.2, 0) is 6.54 Å². The van der Waals surface area contributed by atoms with E-state index in [1.807, 2.05) is 30.3 Å². The van der Waals surface area contributed by atoms with E-state index in [-0.39, 0.29) is 11.6 Å². The molecule has 1 spiro atoms. The van der Waals surface area contributed by atoms with Crippen LogP contribution in [-0.4, -0.2) is 29.6 Å². The number of fused-ring (bicyclic) bond motifs is 1. The first kappa shape index (κ1) is 16.7. The van der Waals surface area contributed by atoms with Gasteiger partial charge in [0.25, 0.3) is 5.91 Å². The standard InChI is InChI=1S/C19H19Cl2N3O/c20-14-4-1-3-13(11-14)12-24-9-7-19(8-10-24)22-16-6-2-5-15(21)17(16)18(25)23-19/h1-6,11,22H,7-10,12H2,(H,23,25). The van der Waals surface area contributed by atoms with Crippen molar-refractivity contribution in [2.75, 3.05) is 18.4 Å². The SMILES string of the molecule is O=C1NC2(CCN(Cc3cccc(Cl)c3)CC2)Nc2cccc(Cl)c21. The van der Waals surface area contributed by atoms with Crippen LogP contribution in [0.25, 0.3) is 0 Å². The van der Waals surface area contributed by atoms with Gasteiger partial charge in [0.1, 0.15) is 5.66 Å². The molecule has 0 aliphatic carbocycles. The number of benzene rings is 2. The number of halogens is 2. The van der Waals surface area contributed by atoms with Crippen molar-refractivity contribution in [1.82, 2.24) is 10.2 Å². The molecule has 1 saturated heterocycles. The van der Waals surface area contributed by atoms with E-state index in [9.17, 15) is 4.79 Å². The van der Waals surface area contributed by atoms with Gasteiger partial charge in [-0.1, -0.05) is 41.4 Å². The monoisotopic (exact) mass is 375 g/mol. The molecule has 0 radical (unpaired) electrons. The minimum atomic E-state index is -0.389. The molecule has 1 amide bonds. The number of likely N-dealkylation sites (tertiary alicyclic amines) is 1. The van der Waals surface area contributed by atoms with E-state index in [1.165, 1.54) is 5.56 Å². The fraction of sp³-hybridized carbons (Fsp3) is 0.316. The van der Waals surface area contributed by atoms with Crippen molar-refractivity contribution >= 4 is 34.8 Å². The summed E-state index contributed by atoms with van der Waals surface area (Å²) in [6.45, 7) is 2.67. The molecule has 2 aliphatic heterocycles. The molecule has 2 N–H and O–H groups in total. The Morgan fingerprint density at radius 3 is 2.56 bits per heavy atom. The third kappa shape index (κ3) is 3.34. The average Bonchev–Trinajstić information content (AvgIpc) is 2.57. The smallest absolute Gasteiger partial charge is 0.256 e. The Morgan fingerprint density at radius 2 is 1.80 bits per heavy atom. The fourth-order valence-corrected chi connectivity index (χ4v) is 4.14. The van der Waals surface area contributed by atoms with Gasteiger partial charge in [0.15, 0.2) is 0 Å². The number of nitrogens with one attached hydrogen (secondary N) is 2. The van der Waals surface area contributed by atoms with Crippen LogP contribution < -0.4 is 10.6 Å². The molecule has 0 bridgehead atoms. The van der Waals surface area contributed by atoms with Crippen molar-refractivity contribution in [3.63, 3.8) is 0 Å². The maximum atomic E-state index is 12.5. The highest BCUT2D eigenvalue weighted by Crippen LogP contribution is 2.34. The Bertz CT molecular complexity index is 816. The molecule has 6 heteroatoms. The van der Waals surface area contributed by atoms with E-state index in [4.69, 9.17) is 23.2 Å². The minimum Gasteiger partial charge on any atom is -0.362 e. The quantitative estimate of drug-likeness (QED) is 0.828. The van der Waals surface area contributed by atoms with E-state index < -0.39 is 0 Å². The van der Waals surface area contributed by atoms with Crippen molar-refractivity contribution in [2.24, 2.45) is 0 Å². The second-order valence-electron chi connectivity index (χ2n) is 6.73. The summed E-state index contributed by atoms with van der Waals surface area (Å²) in [5, 5.41) is 7.90. The van der Waals surface area contributed by atoms with Crippen LogP contribution in [0.15, 0.2) is 42.5 Å². The topological polar surface area (TPSA) is 44.4 Å². The molecule has 0 saturated carbocycles. The zero-order chi connectivity index (χ0) is 17.4. The summed E-state index contributed by atoms with van der Waals surface area (Å²) in [7, 11) is 0. The number of carbonyl (C=O) groups is 1. The van der Waals surface area contributed by atoms with Gasteiger partial charge >= 0.3 is 0 Å². The zero-order valence-electron chi connectivity index (χ0n) is 13.7. The van der Waals surface area contributed by atoms with E-state index in [1.54, 1.807) is 6.07 Å². The molecule has 130 valence electrons. The highest BCUT2D eigenvalue weighted by molar-refractivity contribution is 6.34. The summed E-state index contributed by atoms with van der Waals surface area (Å²) in [5.41, 5.74) is 2.18. The molecular weight excluding hydrogens is 357 g/mol. The van der Waals surface area contributed by atoms with Gasteiger partial charge < -0.3 is 10.6 Å². The second-order valence-corrected chi connectivity index (χ2v) is 7.57. The van der Waals surface area contributed by atoms with Crippen molar-refractivity contribution in [3.8, 4) is 0 Å². The van der Waals surface area contributed by atoms with Crippen molar-refractivity contribution in [1.29, 1.82) is 0 Å². The van der Waals surface area contributed by atoms with Crippen LogP contribution in [0.1, 0.15) is 28.8 Å². The molecule has 0 aromatic heterocycles. The number of rotatable bonds is 2. The molecule has 2 aromatic rings. The summed E-state index contributed by atoms with van der Waals surface area (Å²) in [5.74, 6) is -0.0948. The number of amides is 1. The molecule has 1 fully saturated rings. The van der Waals surface area contributed by atoms with Gasteiger partial charge in [-0.15, -0.1) is 0 Å². The van der Waals surface area contributed by atoms with E-state index >= 15 is 0 Å². The summed E-state index contributed by atoms with van der Waals surface area (Å²) in [6.07, 6.45) is 1.68. The number of hydrogen-bond acceptors (Lipinski definition) is 3. The molecule has 0 unspecified atom stereocenters. The Morgan fingerprint density at radius 1 is 1.04 bits per heavy atom. The maximum Gasteiger partial charge on any atom is 0.256 e. The predicted molar refractivity (Wildman–Crippen MR) is 101 cm³/mol. The van der Waals surface area contributed by atoms with E-state index in [0.29, 0.717) is 10.6 Å². The molecule has 2 aromatic carbocycles. The van der Waals surface area contributed by atoms with Crippen LogP contribution in [0.3, 0.4) is 0 Å². The van der Waals surface area contributed by atoms with Crippen LogP contribution >= 0.6 is 23.2 Å². The summed E-state index contributed by atoms with van der Waals surface area (Å²) >= 11 is 12.2. The fourth-order valence-electron chi connectivity index (χ4n) is 3.66. The Balaban J connectivity index is 1.46. The van der Waals surface area contributed by atoms with Crippen LogP contribution in [0, 0.1) is 0 Å². The first-order valence-corrected chi connectivity index (χ1v) is 9.16. The number of piperidine rings is 1. The third-order valence-electron chi connectivity index (χ3n) is 4.97. The van der Waals surface area contributed by atoms with Crippen molar-refractivity contribution in [2.45, 2.75) is 25.0 Å².